The lowest BCUT2D eigenvalue weighted by atomic mass is 9.98. The van der Waals surface area contributed by atoms with E-state index in [0.29, 0.717) is 28.4 Å². The van der Waals surface area contributed by atoms with E-state index in [2.05, 4.69) is 0 Å². The van der Waals surface area contributed by atoms with E-state index in [-0.39, 0.29) is 24.3 Å². The number of carboxylic acids is 1. The van der Waals surface area contributed by atoms with Gasteiger partial charge in [0, 0.05) is 22.6 Å². The third-order valence-electron chi connectivity index (χ3n) is 3.35. The first kappa shape index (κ1) is 15.5. The third-order valence-corrected chi connectivity index (χ3v) is 4.34. The van der Waals surface area contributed by atoms with Crippen molar-refractivity contribution in [3.8, 4) is 11.5 Å². The van der Waals surface area contributed by atoms with Crippen LogP contribution in [0.5, 0.6) is 11.5 Å². The molecule has 2 rings (SSSR count). The Morgan fingerprint density at radius 2 is 2.19 bits per heavy atom. The maximum Gasteiger partial charge on any atom is 0.342 e. The topological polar surface area (TPSA) is 93.1 Å². The summed E-state index contributed by atoms with van der Waals surface area (Å²) in [7, 11) is 1.50. The highest BCUT2D eigenvalue weighted by atomic mass is 32.2. The largest absolute Gasteiger partial charge is 0.507 e. The minimum atomic E-state index is -0.868. The summed E-state index contributed by atoms with van der Waals surface area (Å²) in [6.45, 7) is 1.95. The lowest BCUT2D eigenvalue weighted by Crippen LogP contribution is -2.03. The molecule has 1 aromatic rings. The van der Waals surface area contributed by atoms with Gasteiger partial charge in [-0.05, 0) is 12.5 Å². The van der Waals surface area contributed by atoms with Gasteiger partial charge >= 0.3 is 11.9 Å². The number of cyclic esters (lactones) is 1. The third kappa shape index (κ3) is 2.92. The highest BCUT2D eigenvalue weighted by Gasteiger charge is 2.32. The number of fused-ring (bicyclic) bond motifs is 1. The number of phenolic OH excluding ortho intramolecular Hbond substituents is 1. The second kappa shape index (κ2) is 6.26. The normalized spacial score (nSPS) is 13.0. The molecule has 0 unspecified atom stereocenters. The zero-order chi connectivity index (χ0) is 15.6. The van der Waals surface area contributed by atoms with E-state index >= 15 is 0 Å². The number of esters is 1. The molecule has 1 aliphatic rings. The van der Waals surface area contributed by atoms with Gasteiger partial charge < -0.3 is 19.7 Å². The molecule has 1 aromatic carbocycles. The quantitative estimate of drug-likeness (QED) is 0.613. The summed E-state index contributed by atoms with van der Waals surface area (Å²) >= 11 is 1.36. The number of hydrogen-bond donors (Lipinski definition) is 2. The van der Waals surface area contributed by atoms with Crippen LogP contribution in [0, 0.1) is 6.92 Å². The molecule has 21 heavy (non-hydrogen) atoms. The van der Waals surface area contributed by atoms with Crippen molar-refractivity contribution in [1.29, 1.82) is 0 Å². The van der Waals surface area contributed by atoms with Crippen LogP contribution in [0.15, 0.2) is 0 Å². The highest BCUT2D eigenvalue weighted by molar-refractivity contribution is 7.98. The molecule has 6 nitrogen and oxygen atoms in total. The van der Waals surface area contributed by atoms with Crippen molar-refractivity contribution < 1.29 is 29.3 Å². The molecule has 7 heteroatoms. The summed E-state index contributed by atoms with van der Waals surface area (Å²) in [6, 6.07) is 0. The summed E-state index contributed by atoms with van der Waals surface area (Å²) in [5, 5.41) is 18.9. The van der Waals surface area contributed by atoms with Gasteiger partial charge in [0.25, 0.3) is 0 Å². The van der Waals surface area contributed by atoms with Gasteiger partial charge in [0.15, 0.2) is 0 Å². The molecule has 0 bridgehead atoms. The number of benzene rings is 1. The van der Waals surface area contributed by atoms with Crippen LogP contribution >= 0.6 is 11.8 Å². The lowest BCUT2D eigenvalue weighted by Gasteiger charge is -2.16. The van der Waals surface area contributed by atoms with Gasteiger partial charge in [0.05, 0.1) is 13.5 Å². The summed E-state index contributed by atoms with van der Waals surface area (Å²) in [6.07, 6.45) is 0.0414. The number of phenols is 1. The van der Waals surface area contributed by atoms with Crippen LogP contribution in [0.4, 0.5) is 0 Å². The summed E-state index contributed by atoms with van der Waals surface area (Å²) in [4.78, 5) is 22.2. The standard InChI is InChI=1S/C14H16O6S/c1-7-8-5-20-14(18)11(8)12(17)9(13(7)19-2)6-21-4-3-10(15)16/h17H,3-6H2,1-2H3,(H,15,16). The Labute approximate surface area is 126 Å². The number of ether oxygens (including phenoxy) is 2. The van der Waals surface area contributed by atoms with Gasteiger partial charge in [-0.25, -0.2) is 4.79 Å². The molecule has 1 heterocycles. The van der Waals surface area contributed by atoms with Crippen LogP contribution in [0.2, 0.25) is 0 Å². The Balaban J connectivity index is 2.31. The van der Waals surface area contributed by atoms with E-state index in [0.717, 1.165) is 5.56 Å². The van der Waals surface area contributed by atoms with E-state index in [1.807, 2.05) is 6.92 Å². The molecule has 0 amide bonds. The summed E-state index contributed by atoms with van der Waals surface area (Å²) in [5.74, 6) is -0.232. The van der Waals surface area contributed by atoms with Crippen LogP contribution in [-0.4, -0.2) is 35.0 Å². The number of carbonyl (C=O) groups is 2. The first-order chi connectivity index (χ1) is 9.97. The van der Waals surface area contributed by atoms with Crippen molar-refractivity contribution in [2.24, 2.45) is 0 Å². The van der Waals surface area contributed by atoms with Crippen molar-refractivity contribution in [3.63, 3.8) is 0 Å². The number of carboxylic acid groups (broad SMARTS) is 1. The second-order valence-corrected chi connectivity index (χ2v) is 5.72. The molecule has 0 saturated carbocycles. The summed E-state index contributed by atoms with van der Waals surface area (Å²) in [5.41, 5.74) is 2.11. The molecule has 2 N–H and O–H groups in total. The van der Waals surface area contributed by atoms with E-state index in [1.165, 1.54) is 18.9 Å². The zero-order valence-corrected chi connectivity index (χ0v) is 12.6. The molecule has 0 spiro atoms. The minimum Gasteiger partial charge on any atom is -0.507 e. The van der Waals surface area contributed by atoms with E-state index in [1.54, 1.807) is 0 Å². The number of aromatic hydroxyl groups is 1. The molecule has 0 fully saturated rings. The van der Waals surface area contributed by atoms with Gasteiger partial charge in [0.2, 0.25) is 0 Å². The molecule has 0 radical (unpaired) electrons. The van der Waals surface area contributed by atoms with Crippen molar-refractivity contribution in [1.82, 2.24) is 0 Å². The van der Waals surface area contributed by atoms with E-state index < -0.39 is 11.9 Å². The zero-order valence-electron chi connectivity index (χ0n) is 11.8. The van der Waals surface area contributed by atoms with Gasteiger partial charge in [-0.2, -0.15) is 11.8 Å². The van der Waals surface area contributed by atoms with Crippen molar-refractivity contribution in [3.05, 3.63) is 22.3 Å². The SMILES string of the molecule is COc1c(C)c2c(c(O)c1CSCCC(=O)O)C(=O)OC2. The fraction of sp³-hybridized carbons (Fsp3) is 0.429. The average molecular weight is 312 g/mol. The van der Waals surface area contributed by atoms with Crippen LogP contribution in [0.3, 0.4) is 0 Å². The predicted octanol–water partition coefficient (Wildman–Crippen LogP) is 2.09. The van der Waals surface area contributed by atoms with Crippen LogP contribution in [0.1, 0.15) is 33.5 Å². The number of rotatable bonds is 6. The average Bonchev–Trinajstić information content (AvgIpc) is 2.82. The molecule has 0 aliphatic carbocycles. The van der Waals surface area contributed by atoms with Crippen LogP contribution < -0.4 is 4.74 Å². The first-order valence-electron chi connectivity index (χ1n) is 6.35. The molecule has 0 atom stereocenters. The van der Waals surface area contributed by atoms with Gasteiger partial charge in [0.1, 0.15) is 23.7 Å². The fourth-order valence-corrected chi connectivity index (χ4v) is 3.24. The number of carbonyl (C=O) groups excluding carboxylic acids is 1. The van der Waals surface area contributed by atoms with E-state index in [4.69, 9.17) is 14.6 Å². The van der Waals surface area contributed by atoms with Gasteiger partial charge in [-0.15, -0.1) is 0 Å². The molecular formula is C14H16O6S. The second-order valence-electron chi connectivity index (χ2n) is 4.61. The van der Waals surface area contributed by atoms with Crippen molar-refractivity contribution in [2.45, 2.75) is 25.7 Å². The number of hydrogen-bond acceptors (Lipinski definition) is 6. The lowest BCUT2D eigenvalue weighted by molar-refractivity contribution is -0.136. The Morgan fingerprint density at radius 1 is 1.48 bits per heavy atom. The highest BCUT2D eigenvalue weighted by Crippen LogP contribution is 2.43. The predicted molar refractivity (Wildman–Crippen MR) is 76.9 cm³/mol. The number of aliphatic carboxylic acids is 1. The Bertz CT molecular complexity index is 596. The summed E-state index contributed by atoms with van der Waals surface area (Å²) < 4.78 is 10.3. The maximum atomic E-state index is 11.7. The van der Waals surface area contributed by atoms with E-state index in [9.17, 15) is 14.7 Å². The smallest absolute Gasteiger partial charge is 0.342 e. The van der Waals surface area contributed by atoms with Gasteiger partial charge in [-0.1, -0.05) is 0 Å². The molecule has 1 aliphatic heterocycles. The Kier molecular flexibility index (Phi) is 4.62. The molecule has 0 aromatic heterocycles. The van der Waals surface area contributed by atoms with Crippen LogP contribution in [-0.2, 0) is 21.9 Å². The molecule has 0 saturated heterocycles. The van der Waals surface area contributed by atoms with Crippen LogP contribution in [0.25, 0.3) is 0 Å². The monoisotopic (exact) mass is 312 g/mol. The van der Waals surface area contributed by atoms with Crippen molar-refractivity contribution in [2.75, 3.05) is 12.9 Å². The molecular weight excluding hydrogens is 296 g/mol. The van der Waals surface area contributed by atoms with Crippen molar-refractivity contribution >= 4 is 23.7 Å². The minimum absolute atomic E-state index is 0.0414. The van der Waals surface area contributed by atoms with Gasteiger partial charge in [-0.3, -0.25) is 4.79 Å². The number of thioether (sulfide) groups is 1. The molecule has 114 valence electrons. The maximum absolute atomic E-state index is 11.7. The Morgan fingerprint density at radius 3 is 2.81 bits per heavy atom. The Hall–Kier alpha value is -1.89. The number of methoxy groups -OCH3 is 1. The first-order valence-corrected chi connectivity index (χ1v) is 7.50. The fourth-order valence-electron chi connectivity index (χ4n) is 2.31.